The largest absolute Gasteiger partial charge is 0.458 e. The molecule has 0 bridgehead atoms. The van der Waals surface area contributed by atoms with Gasteiger partial charge in [-0.3, -0.25) is 4.79 Å². The summed E-state index contributed by atoms with van der Waals surface area (Å²) in [5.74, 6) is 1.62. The Kier molecular flexibility index (Phi) is 5.32. The Morgan fingerprint density at radius 3 is 2.62 bits per heavy atom. The fourth-order valence-electron chi connectivity index (χ4n) is 3.32. The van der Waals surface area contributed by atoms with Crippen LogP contribution in [0, 0.1) is 11.8 Å². The minimum Gasteiger partial charge on any atom is -0.458 e. The van der Waals surface area contributed by atoms with Crippen molar-refractivity contribution >= 4 is 5.91 Å². The van der Waals surface area contributed by atoms with Crippen molar-refractivity contribution in [1.82, 2.24) is 5.32 Å². The molecular weight excluding hydrogens is 266 g/mol. The van der Waals surface area contributed by atoms with Crippen LogP contribution in [-0.4, -0.2) is 18.7 Å². The summed E-state index contributed by atoms with van der Waals surface area (Å²) in [6, 6.07) is 0.281. The number of allylic oxidation sites excluding steroid dienone is 2. The minimum atomic E-state index is -0.151. The van der Waals surface area contributed by atoms with Crippen LogP contribution < -0.4 is 5.32 Å². The second-order valence-electron chi connectivity index (χ2n) is 6.07. The summed E-state index contributed by atoms with van der Waals surface area (Å²) in [6.45, 7) is 8.62. The quantitative estimate of drug-likeness (QED) is 0.815. The van der Waals surface area contributed by atoms with E-state index in [4.69, 9.17) is 9.47 Å². The first-order chi connectivity index (χ1) is 10.1. The molecule has 0 fully saturated rings. The average Bonchev–Trinajstić information content (AvgIpc) is 2.87. The van der Waals surface area contributed by atoms with E-state index in [0.717, 1.165) is 42.8 Å². The van der Waals surface area contributed by atoms with Crippen molar-refractivity contribution in [2.75, 3.05) is 6.79 Å². The summed E-state index contributed by atoms with van der Waals surface area (Å²) in [7, 11) is 0. The van der Waals surface area contributed by atoms with Crippen LogP contribution in [0.5, 0.6) is 0 Å². The Morgan fingerprint density at radius 1 is 1.33 bits per heavy atom. The summed E-state index contributed by atoms with van der Waals surface area (Å²) < 4.78 is 11.0. The van der Waals surface area contributed by atoms with E-state index in [-0.39, 0.29) is 30.6 Å². The van der Waals surface area contributed by atoms with Crippen LogP contribution in [-0.2, 0) is 14.3 Å². The van der Waals surface area contributed by atoms with E-state index in [1.807, 2.05) is 19.9 Å². The van der Waals surface area contributed by atoms with Gasteiger partial charge in [0.25, 0.3) is 0 Å². The molecule has 0 aromatic heterocycles. The van der Waals surface area contributed by atoms with Gasteiger partial charge in [-0.2, -0.15) is 0 Å². The lowest BCUT2D eigenvalue weighted by Gasteiger charge is -2.29. The van der Waals surface area contributed by atoms with E-state index >= 15 is 0 Å². The maximum Gasteiger partial charge on any atom is 0.230 e. The molecule has 0 saturated carbocycles. The van der Waals surface area contributed by atoms with E-state index in [9.17, 15) is 4.79 Å². The van der Waals surface area contributed by atoms with Crippen LogP contribution in [0.4, 0.5) is 0 Å². The summed E-state index contributed by atoms with van der Waals surface area (Å²) >= 11 is 0. The molecule has 1 aliphatic carbocycles. The van der Waals surface area contributed by atoms with Crippen molar-refractivity contribution in [3.05, 3.63) is 23.2 Å². The standard InChI is InChI=1S/C17H27NO3/c1-5-7-13(8-6-2)18-17(19)15-11(3)9-14-16(12(15)4)21-10-20-14/h9,12-13,15H,5-8,10H2,1-4H3,(H,18,19). The number of nitrogens with one attached hydrogen (secondary N) is 1. The van der Waals surface area contributed by atoms with Crippen LogP contribution in [0.25, 0.3) is 0 Å². The molecule has 1 N–H and O–H groups in total. The third-order valence-electron chi connectivity index (χ3n) is 4.34. The highest BCUT2D eigenvalue weighted by Gasteiger charge is 2.38. The van der Waals surface area contributed by atoms with Crippen LogP contribution in [0.2, 0.25) is 0 Å². The van der Waals surface area contributed by atoms with Gasteiger partial charge < -0.3 is 14.8 Å². The molecule has 0 saturated heterocycles. The summed E-state index contributed by atoms with van der Waals surface area (Å²) in [5, 5.41) is 3.23. The molecule has 1 aliphatic heterocycles. The normalized spacial score (nSPS) is 24.3. The number of ether oxygens (including phenoxy) is 2. The van der Waals surface area contributed by atoms with Crippen molar-refractivity contribution in [2.45, 2.75) is 59.4 Å². The van der Waals surface area contributed by atoms with Gasteiger partial charge in [-0.1, -0.05) is 39.2 Å². The van der Waals surface area contributed by atoms with E-state index < -0.39 is 0 Å². The Morgan fingerprint density at radius 2 is 2.00 bits per heavy atom. The van der Waals surface area contributed by atoms with E-state index in [2.05, 4.69) is 19.2 Å². The Labute approximate surface area is 127 Å². The number of carbonyl (C=O) groups excluding carboxylic acids is 1. The molecule has 2 rings (SSSR count). The number of amides is 1. The first kappa shape index (κ1) is 15.9. The van der Waals surface area contributed by atoms with E-state index in [1.54, 1.807) is 0 Å². The Balaban J connectivity index is 2.07. The van der Waals surface area contributed by atoms with Crippen LogP contribution in [0.1, 0.15) is 53.4 Å². The van der Waals surface area contributed by atoms with Gasteiger partial charge in [-0.25, -0.2) is 0 Å². The summed E-state index contributed by atoms with van der Waals surface area (Å²) in [4.78, 5) is 12.7. The maximum absolute atomic E-state index is 12.7. The van der Waals surface area contributed by atoms with Crippen molar-refractivity contribution < 1.29 is 14.3 Å². The molecule has 0 radical (unpaired) electrons. The summed E-state index contributed by atoms with van der Waals surface area (Å²) in [5.41, 5.74) is 1.05. The molecule has 0 aromatic carbocycles. The van der Waals surface area contributed by atoms with Gasteiger partial charge in [0, 0.05) is 12.0 Å². The molecule has 0 aromatic rings. The molecule has 1 amide bonds. The van der Waals surface area contributed by atoms with Gasteiger partial charge in [-0.05, 0) is 25.8 Å². The van der Waals surface area contributed by atoms with Crippen molar-refractivity contribution in [2.24, 2.45) is 11.8 Å². The lowest BCUT2D eigenvalue weighted by atomic mass is 9.81. The van der Waals surface area contributed by atoms with Gasteiger partial charge in [0.15, 0.2) is 5.76 Å². The van der Waals surface area contributed by atoms with Crippen LogP contribution in [0.15, 0.2) is 23.2 Å². The van der Waals surface area contributed by atoms with E-state index in [0.29, 0.717) is 0 Å². The Bertz CT molecular complexity index is 447. The van der Waals surface area contributed by atoms with Gasteiger partial charge in [0.2, 0.25) is 12.7 Å². The molecule has 1 heterocycles. The zero-order valence-electron chi connectivity index (χ0n) is 13.6. The Hall–Kier alpha value is -1.45. The molecule has 4 nitrogen and oxygen atoms in total. The minimum absolute atomic E-state index is 0.0383. The molecule has 2 atom stereocenters. The highest BCUT2D eigenvalue weighted by atomic mass is 16.7. The SMILES string of the molecule is CCCC(CCC)NC(=O)C1C(C)=CC2=C(OCO2)C1C. The van der Waals surface area contributed by atoms with Crippen molar-refractivity contribution in [3.8, 4) is 0 Å². The monoisotopic (exact) mass is 293 g/mol. The molecule has 4 heteroatoms. The molecule has 2 aliphatic rings. The number of rotatable bonds is 6. The molecule has 21 heavy (non-hydrogen) atoms. The molecule has 118 valence electrons. The van der Waals surface area contributed by atoms with Gasteiger partial charge in [0.1, 0.15) is 5.76 Å². The lowest BCUT2D eigenvalue weighted by molar-refractivity contribution is -0.126. The van der Waals surface area contributed by atoms with Gasteiger partial charge in [0.05, 0.1) is 5.92 Å². The van der Waals surface area contributed by atoms with Gasteiger partial charge >= 0.3 is 0 Å². The third kappa shape index (κ3) is 3.42. The molecule has 0 spiro atoms. The maximum atomic E-state index is 12.7. The highest BCUT2D eigenvalue weighted by Crippen LogP contribution is 2.38. The number of hydrogen-bond donors (Lipinski definition) is 1. The summed E-state index contributed by atoms with van der Waals surface area (Å²) in [6.07, 6.45) is 6.20. The van der Waals surface area contributed by atoms with Crippen molar-refractivity contribution in [1.29, 1.82) is 0 Å². The topological polar surface area (TPSA) is 47.6 Å². The van der Waals surface area contributed by atoms with E-state index in [1.165, 1.54) is 0 Å². The zero-order chi connectivity index (χ0) is 15.4. The first-order valence-corrected chi connectivity index (χ1v) is 8.06. The predicted molar refractivity (Wildman–Crippen MR) is 82.2 cm³/mol. The fraction of sp³-hybridized carbons (Fsp3) is 0.706. The average molecular weight is 293 g/mol. The number of hydrogen-bond acceptors (Lipinski definition) is 3. The first-order valence-electron chi connectivity index (χ1n) is 8.06. The highest BCUT2D eigenvalue weighted by molar-refractivity contribution is 5.83. The smallest absolute Gasteiger partial charge is 0.230 e. The predicted octanol–water partition coefficient (Wildman–Crippen LogP) is 3.50. The van der Waals surface area contributed by atoms with Crippen LogP contribution >= 0.6 is 0 Å². The second-order valence-corrected chi connectivity index (χ2v) is 6.07. The van der Waals surface area contributed by atoms with Gasteiger partial charge in [-0.15, -0.1) is 0 Å². The fourth-order valence-corrected chi connectivity index (χ4v) is 3.32. The third-order valence-corrected chi connectivity index (χ3v) is 4.34. The second kappa shape index (κ2) is 7.01. The zero-order valence-corrected chi connectivity index (χ0v) is 13.6. The lowest BCUT2D eigenvalue weighted by Crippen LogP contribution is -2.42. The van der Waals surface area contributed by atoms with Crippen molar-refractivity contribution in [3.63, 3.8) is 0 Å². The molecular formula is C17H27NO3. The van der Waals surface area contributed by atoms with Crippen LogP contribution in [0.3, 0.4) is 0 Å². The molecule has 2 unspecified atom stereocenters. The number of carbonyl (C=O) groups is 1.